The lowest BCUT2D eigenvalue weighted by atomic mass is 10.1. The van der Waals surface area contributed by atoms with E-state index in [9.17, 15) is 34.9 Å². The van der Waals surface area contributed by atoms with Crippen LogP contribution in [0.15, 0.2) is 113 Å². The van der Waals surface area contributed by atoms with Crippen LogP contribution < -0.4 is 5.73 Å². The molecule has 5 rings (SSSR count). The third-order valence-electron chi connectivity index (χ3n) is 7.41. The van der Waals surface area contributed by atoms with Gasteiger partial charge in [-0.3, -0.25) is 14.0 Å². The SMILES string of the molecule is CCCCS(=O)(=O)c1ccc(N=Nc2c(S(=O)(=O)O)cc3cc(SOOO)c(N=Nc4ccc5cc(SC#COOS(=O)(=O)O)ccc5c4)c(O)c3c2N)cc1.O. The van der Waals surface area contributed by atoms with Crippen LogP contribution in [0.4, 0.5) is 28.4 Å². The van der Waals surface area contributed by atoms with Crippen LogP contribution in [0.2, 0.25) is 0 Å². The van der Waals surface area contributed by atoms with Gasteiger partial charge in [0.15, 0.2) is 21.7 Å². The molecule has 0 aliphatic rings. The number of hydrogen-bond acceptors (Lipinski definition) is 19. The molecule has 5 aromatic rings. The summed E-state index contributed by atoms with van der Waals surface area (Å²) in [4.78, 5) is 3.95. The second kappa shape index (κ2) is 19.0. The van der Waals surface area contributed by atoms with Crippen molar-refractivity contribution >= 4 is 104 Å². The molecule has 25 heteroatoms. The number of rotatable bonds is 15. The number of sulfone groups is 1. The lowest BCUT2D eigenvalue weighted by Gasteiger charge is -2.14. The zero-order valence-corrected chi connectivity index (χ0v) is 32.9. The Bertz CT molecular complexity index is 2760. The van der Waals surface area contributed by atoms with Gasteiger partial charge < -0.3 is 16.3 Å². The van der Waals surface area contributed by atoms with Crippen molar-refractivity contribution in [2.75, 3.05) is 11.5 Å². The number of fused-ring (bicyclic) bond motifs is 2. The van der Waals surface area contributed by atoms with Crippen LogP contribution in [0, 0.1) is 11.4 Å². The van der Waals surface area contributed by atoms with Crippen LogP contribution in [0.25, 0.3) is 21.5 Å². The number of thioether (sulfide) groups is 1. The largest absolute Gasteiger partial charge is 0.505 e. The Kier molecular flexibility index (Phi) is 14.9. The van der Waals surface area contributed by atoms with E-state index in [2.05, 4.69) is 44.3 Å². The van der Waals surface area contributed by atoms with E-state index in [1.54, 1.807) is 36.4 Å². The summed E-state index contributed by atoms with van der Waals surface area (Å²) in [5, 5.41) is 43.9. The first-order chi connectivity index (χ1) is 26.5. The van der Waals surface area contributed by atoms with E-state index in [1.165, 1.54) is 30.3 Å². The van der Waals surface area contributed by atoms with Gasteiger partial charge in [0, 0.05) is 10.1 Å². The Labute approximate surface area is 332 Å². The number of azo groups is 2. The highest BCUT2D eigenvalue weighted by Gasteiger charge is 2.25. The molecule has 0 saturated heterocycles. The fourth-order valence-corrected chi connectivity index (χ4v) is 8.16. The summed E-state index contributed by atoms with van der Waals surface area (Å²) in [7, 11) is -13.4. The first-order valence-electron chi connectivity index (χ1n) is 15.4. The van der Waals surface area contributed by atoms with Crippen molar-refractivity contribution in [3.05, 3.63) is 72.8 Å². The van der Waals surface area contributed by atoms with Gasteiger partial charge in [0.05, 0.1) is 50.0 Å². The number of anilines is 1. The number of nitrogens with zero attached hydrogens (tertiary/aromatic N) is 4. The molecule has 57 heavy (non-hydrogen) atoms. The van der Waals surface area contributed by atoms with Gasteiger partial charge in [-0.25, -0.2) is 13.7 Å². The normalized spacial score (nSPS) is 12.2. The summed E-state index contributed by atoms with van der Waals surface area (Å²) < 4.78 is 97.9. The van der Waals surface area contributed by atoms with E-state index in [4.69, 9.17) is 15.5 Å². The van der Waals surface area contributed by atoms with E-state index in [-0.39, 0.29) is 43.2 Å². The van der Waals surface area contributed by atoms with Crippen molar-refractivity contribution in [2.24, 2.45) is 20.5 Å². The summed E-state index contributed by atoms with van der Waals surface area (Å²) in [6.07, 6.45) is 3.12. The molecule has 0 spiro atoms. The molecule has 20 nitrogen and oxygen atoms in total. The van der Waals surface area contributed by atoms with Gasteiger partial charge in [-0.15, -0.1) is 14.6 Å². The van der Waals surface area contributed by atoms with Crippen molar-refractivity contribution in [1.29, 1.82) is 0 Å². The Morgan fingerprint density at radius 1 is 0.807 bits per heavy atom. The fourth-order valence-electron chi connectivity index (χ4n) is 4.90. The topological polar surface area (TPSA) is 327 Å². The van der Waals surface area contributed by atoms with Gasteiger partial charge in [0.2, 0.25) is 0 Å². The van der Waals surface area contributed by atoms with E-state index in [1.807, 2.05) is 13.0 Å². The monoisotopic (exact) mass is 883 g/mol. The number of benzene rings is 5. The van der Waals surface area contributed by atoms with Crippen LogP contribution in [0.3, 0.4) is 0 Å². The van der Waals surface area contributed by atoms with E-state index in [0.717, 1.165) is 23.2 Å². The van der Waals surface area contributed by atoms with Crippen molar-refractivity contribution in [3.63, 3.8) is 0 Å². The fraction of sp³-hybridized carbons (Fsp3) is 0.125. The molecule has 302 valence electrons. The maximum atomic E-state index is 12.5. The molecule has 0 fully saturated rings. The smallest absolute Gasteiger partial charge is 0.433 e. The van der Waals surface area contributed by atoms with E-state index >= 15 is 0 Å². The average molecular weight is 884 g/mol. The van der Waals surface area contributed by atoms with Crippen LogP contribution in [0.1, 0.15) is 19.8 Å². The highest BCUT2D eigenvalue weighted by molar-refractivity contribution is 8.04. The summed E-state index contributed by atoms with van der Waals surface area (Å²) in [6.45, 7) is 1.87. The van der Waals surface area contributed by atoms with Crippen LogP contribution in [-0.2, 0) is 48.9 Å². The Balaban J connectivity index is 0.00000720. The maximum absolute atomic E-state index is 12.5. The average Bonchev–Trinajstić information content (AvgIpc) is 3.14. The first kappa shape index (κ1) is 44.8. The third-order valence-corrected chi connectivity index (χ3v) is 11.6. The van der Waals surface area contributed by atoms with Gasteiger partial charge in [-0.2, -0.15) is 27.1 Å². The lowest BCUT2D eigenvalue weighted by Crippen LogP contribution is -2.06. The predicted octanol–water partition coefficient (Wildman–Crippen LogP) is 7.30. The molecule has 0 unspecified atom stereocenters. The maximum Gasteiger partial charge on any atom is 0.433 e. The zero-order chi connectivity index (χ0) is 40.7. The first-order valence-corrected chi connectivity index (χ1v) is 21.5. The molecule has 5 aromatic carbocycles. The standard InChI is InChI=1S/C32H27N5O14S5.H2O/c1-2-3-14-54(40,41)25-10-7-22(8-11-25)34-37-31-27(55(42,43)44)18-21-17-26(53-50-49-39)30(32(38)28(21)29(31)33)36-35-23-6-4-20-16-24(9-5-19(20)15-23)52-13-12-48-51-56(45,46)47;/h4-11,15-18,38-39H,2-3,14,33H2,1H3,(H,42,43,44)(H,45,46,47);1H2. The van der Waals surface area contributed by atoms with Gasteiger partial charge in [-0.05, 0) is 99.3 Å². The van der Waals surface area contributed by atoms with Crippen molar-refractivity contribution in [2.45, 2.75) is 39.3 Å². The number of unbranched alkanes of at least 4 members (excludes halogenated alkanes) is 1. The van der Waals surface area contributed by atoms with Crippen molar-refractivity contribution in [3.8, 4) is 17.1 Å². The number of aromatic hydroxyl groups is 1. The van der Waals surface area contributed by atoms with Crippen molar-refractivity contribution < 1.29 is 68.8 Å². The molecule has 0 amide bonds. The summed E-state index contributed by atoms with van der Waals surface area (Å²) in [5.41, 5.74) is 5.53. The van der Waals surface area contributed by atoms with Gasteiger partial charge in [0.25, 0.3) is 10.1 Å². The van der Waals surface area contributed by atoms with Crippen LogP contribution >= 0.6 is 23.8 Å². The second-order valence-electron chi connectivity index (χ2n) is 11.2. The minimum absolute atomic E-state index is 0. The molecule has 0 aromatic heterocycles. The predicted molar refractivity (Wildman–Crippen MR) is 207 cm³/mol. The number of phenolic OH excluding ortho intramolecular Hbond substituents is 1. The Morgan fingerprint density at radius 2 is 1.46 bits per heavy atom. The number of hydrogen-bond donors (Lipinski definition) is 5. The van der Waals surface area contributed by atoms with Crippen LogP contribution in [0.5, 0.6) is 5.75 Å². The highest BCUT2D eigenvalue weighted by atomic mass is 32.3. The second-order valence-corrected chi connectivity index (χ2v) is 17.3. The summed E-state index contributed by atoms with van der Waals surface area (Å²) >= 11 is 1.34. The molecule has 0 saturated carbocycles. The third kappa shape index (κ3) is 11.6. The molecule has 8 N–H and O–H groups in total. The zero-order valence-electron chi connectivity index (χ0n) is 28.8. The van der Waals surface area contributed by atoms with Crippen LogP contribution in [-0.4, -0.2) is 56.0 Å². The minimum Gasteiger partial charge on any atom is -0.505 e. The number of nitrogen functional groups attached to an aromatic ring is 1. The lowest BCUT2D eigenvalue weighted by molar-refractivity contribution is -0.432. The molecule has 0 bridgehead atoms. The molecule has 0 radical (unpaired) electrons. The Hall–Kier alpha value is -4.95. The molecule has 0 aliphatic carbocycles. The number of phenols is 1. The Morgan fingerprint density at radius 3 is 2.12 bits per heavy atom. The summed E-state index contributed by atoms with van der Waals surface area (Å²) in [5.74, 6) is -0.677. The molecular formula is C32H29N5O15S5. The van der Waals surface area contributed by atoms with Gasteiger partial charge >= 0.3 is 10.4 Å². The van der Waals surface area contributed by atoms with Gasteiger partial charge in [-0.1, -0.05) is 30.5 Å². The van der Waals surface area contributed by atoms with E-state index < -0.39 is 52.4 Å². The molecule has 0 heterocycles. The highest BCUT2D eigenvalue weighted by Crippen LogP contribution is 2.49. The minimum atomic E-state index is -5.00. The van der Waals surface area contributed by atoms with Gasteiger partial charge in [0.1, 0.15) is 16.3 Å². The molecule has 0 aliphatic heterocycles. The quantitative estimate of drug-likeness (QED) is 0.0101. The number of nitrogens with two attached hydrogens (primary N) is 1. The summed E-state index contributed by atoms with van der Waals surface area (Å²) in [6, 6.07) is 17.7. The van der Waals surface area contributed by atoms with E-state index in [0.29, 0.717) is 40.9 Å². The molecular weight excluding hydrogens is 855 g/mol. The molecule has 0 atom stereocenters. The van der Waals surface area contributed by atoms with Crippen molar-refractivity contribution in [1.82, 2.24) is 0 Å².